The van der Waals surface area contributed by atoms with E-state index in [1.165, 1.54) is 0 Å². The van der Waals surface area contributed by atoms with Gasteiger partial charge in [0.2, 0.25) is 0 Å². The van der Waals surface area contributed by atoms with Crippen LogP contribution in [0.5, 0.6) is 0 Å². The second kappa shape index (κ2) is 5.50. The minimum absolute atomic E-state index is 0.357. The average Bonchev–Trinajstić information content (AvgIpc) is 2.35. The lowest BCUT2D eigenvalue weighted by Crippen LogP contribution is -2.04. The largest absolute Gasteiger partial charge is 0.386 e. The Morgan fingerprint density at radius 1 is 1.06 bits per heavy atom. The highest BCUT2D eigenvalue weighted by Gasteiger charge is 2.14. The van der Waals surface area contributed by atoms with Gasteiger partial charge in [-0.05, 0) is 29.8 Å². The third-order valence-corrected chi connectivity index (χ3v) is 3.20. The summed E-state index contributed by atoms with van der Waals surface area (Å²) in [6.45, 7) is 0. The minimum Gasteiger partial charge on any atom is -0.386 e. The molecule has 0 aliphatic carbocycles. The molecular weight excluding hydrogens is 257 g/mol. The van der Waals surface area contributed by atoms with Crippen LogP contribution in [-0.2, 0) is 6.42 Å². The van der Waals surface area contributed by atoms with Crippen LogP contribution in [0.25, 0.3) is 0 Å². The molecule has 2 rings (SSSR count). The summed E-state index contributed by atoms with van der Waals surface area (Å²) in [7, 11) is 0. The molecule has 0 saturated heterocycles. The fourth-order valence-corrected chi connectivity index (χ4v) is 2.15. The summed E-state index contributed by atoms with van der Waals surface area (Å²) in [5.74, 6) is 0. The number of nitrogens with zero attached hydrogens (tertiary/aromatic N) is 1. The Morgan fingerprint density at radius 2 is 1.76 bits per heavy atom. The summed E-state index contributed by atoms with van der Waals surface area (Å²) in [4.78, 5) is 4.10. The van der Waals surface area contributed by atoms with Gasteiger partial charge in [-0.3, -0.25) is 4.98 Å². The number of aromatic nitrogens is 1. The third kappa shape index (κ3) is 2.97. The van der Waals surface area contributed by atoms with Gasteiger partial charge < -0.3 is 5.11 Å². The Kier molecular flexibility index (Phi) is 4.00. The molecule has 0 amide bonds. The van der Waals surface area contributed by atoms with Crippen LogP contribution >= 0.6 is 23.2 Å². The van der Waals surface area contributed by atoms with Gasteiger partial charge in [0.05, 0.1) is 5.69 Å². The lowest BCUT2D eigenvalue weighted by atomic mass is 10.1. The van der Waals surface area contributed by atoms with Crippen molar-refractivity contribution in [2.24, 2.45) is 0 Å². The van der Waals surface area contributed by atoms with Crippen molar-refractivity contribution in [3.8, 4) is 0 Å². The standard InChI is InChI=1S/C13H11Cl2NO/c14-10-4-3-5-11(15)9(10)8-13(17)12-6-1-2-7-16-12/h1-7,13,17H,8H2. The molecular formula is C13H11Cl2NO. The molecule has 1 unspecified atom stereocenters. The Bertz CT molecular complexity index is 482. The van der Waals surface area contributed by atoms with Crippen molar-refractivity contribution in [2.75, 3.05) is 0 Å². The second-order valence-electron chi connectivity index (χ2n) is 3.67. The smallest absolute Gasteiger partial charge is 0.100 e. The Balaban J connectivity index is 2.22. The first kappa shape index (κ1) is 12.4. The number of pyridine rings is 1. The molecule has 1 atom stereocenters. The van der Waals surface area contributed by atoms with Gasteiger partial charge in [-0.2, -0.15) is 0 Å². The van der Waals surface area contributed by atoms with Crippen molar-refractivity contribution >= 4 is 23.2 Å². The van der Waals surface area contributed by atoms with E-state index in [0.29, 0.717) is 22.2 Å². The number of hydrogen-bond acceptors (Lipinski definition) is 2. The van der Waals surface area contributed by atoms with E-state index in [1.54, 1.807) is 36.5 Å². The molecule has 1 heterocycles. The van der Waals surface area contributed by atoms with Gasteiger partial charge in [-0.1, -0.05) is 35.3 Å². The van der Waals surface area contributed by atoms with Gasteiger partial charge >= 0.3 is 0 Å². The maximum absolute atomic E-state index is 10.0. The predicted octanol–water partition coefficient (Wildman–Crippen LogP) is 3.66. The van der Waals surface area contributed by atoms with E-state index in [9.17, 15) is 5.11 Å². The minimum atomic E-state index is -0.700. The first-order valence-corrected chi connectivity index (χ1v) is 5.96. The molecule has 0 spiro atoms. The molecule has 0 fully saturated rings. The predicted molar refractivity (Wildman–Crippen MR) is 69.4 cm³/mol. The first-order valence-electron chi connectivity index (χ1n) is 5.20. The van der Waals surface area contributed by atoms with Crippen LogP contribution < -0.4 is 0 Å². The molecule has 88 valence electrons. The molecule has 0 saturated carbocycles. The van der Waals surface area contributed by atoms with Crippen molar-refractivity contribution in [3.63, 3.8) is 0 Å². The van der Waals surface area contributed by atoms with Crippen molar-refractivity contribution in [3.05, 3.63) is 63.9 Å². The van der Waals surface area contributed by atoms with E-state index in [4.69, 9.17) is 23.2 Å². The maximum Gasteiger partial charge on any atom is 0.100 e. The molecule has 0 aliphatic rings. The summed E-state index contributed by atoms with van der Waals surface area (Å²) in [6.07, 6.45) is 1.30. The van der Waals surface area contributed by atoms with Crippen LogP contribution in [0.2, 0.25) is 10.0 Å². The maximum atomic E-state index is 10.0. The van der Waals surface area contributed by atoms with E-state index < -0.39 is 6.10 Å². The van der Waals surface area contributed by atoms with E-state index in [1.807, 2.05) is 6.07 Å². The molecule has 2 nitrogen and oxygen atoms in total. The topological polar surface area (TPSA) is 33.1 Å². The summed E-state index contributed by atoms with van der Waals surface area (Å²) < 4.78 is 0. The van der Waals surface area contributed by atoms with Gasteiger partial charge in [0, 0.05) is 22.7 Å². The van der Waals surface area contributed by atoms with Crippen LogP contribution in [0.3, 0.4) is 0 Å². The lowest BCUT2D eigenvalue weighted by molar-refractivity contribution is 0.173. The van der Waals surface area contributed by atoms with Crippen molar-refractivity contribution in [1.29, 1.82) is 0 Å². The fourth-order valence-electron chi connectivity index (χ4n) is 1.60. The Hall–Kier alpha value is -1.09. The van der Waals surface area contributed by atoms with Crippen LogP contribution in [0, 0.1) is 0 Å². The van der Waals surface area contributed by atoms with Gasteiger partial charge in [0.25, 0.3) is 0 Å². The molecule has 0 aliphatic heterocycles. The van der Waals surface area contributed by atoms with Crippen LogP contribution in [0.4, 0.5) is 0 Å². The zero-order valence-electron chi connectivity index (χ0n) is 8.98. The van der Waals surface area contributed by atoms with Crippen LogP contribution in [0.15, 0.2) is 42.6 Å². The monoisotopic (exact) mass is 267 g/mol. The number of aliphatic hydroxyl groups excluding tert-OH is 1. The number of rotatable bonds is 3. The number of halogens is 2. The van der Waals surface area contributed by atoms with Gasteiger partial charge in [0.1, 0.15) is 6.10 Å². The normalized spacial score (nSPS) is 12.4. The highest BCUT2D eigenvalue weighted by Crippen LogP contribution is 2.28. The van der Waals surface area contributed by atoms with E-state index in [0.717, 1.165) is 5.56 Å². The van der Waals surface area contributed by atoms with Crippen molar-refractivity contribution < 1.29 is 5.11 Å². The van der Waals surface area contributed by atoms with Crippen molar-refractivity contribution in [1.82, 2.24) is 4.98 Å². The summed E-state index contributed by atoms with van der Waals surface area (Å²) >= 11 is 12.1. The third-order valence-electron chi connectivity index (χ3n) is 2.49. The van der Waals surface area contributed by atoms with E-state index in [2.05, 4.69) is 4.98 Å². The molecule has 2 aromatic rings. The molecule has 1 aromatic heterocycles. The first-order chi connectivity index (χ1) is 8.18. The van der Waals surface area contributed by atoms with Gasteiger partial charge in [-0.15, -0.1) is 0 Å². The van der Waals surface area contributed by atoms with E-state index >= 15 is 0 Å². The summed E-state index contributed by atoms with van der Waals surface area (Å²) in [5, 5.41) is 11.2. The highest BCUT2D eigenvalue weighted by molar-refractivity contribution is 6.35. The molecule has 0 radical (unpaired) electrons. The molecule has 1 N–H and O–H groups in total. The average molecular weight is 268 g/mol. The SMILES string of the molecule is OC(Cc1c(Cl)cccc1Cl)c1ccccn1. The number of hydrogen-bond donors (Lipinski definition) is 1. The number of aliphatic hydroxyl groups is 1. The summed E-state index contributed by atoms with van der Waals surface area (Å²) in [5.41, 5.74) is 1.36. The highest BCUT2D eigenvalue weighted by atomic mass is 35.5. The van der Waals surface area contributed by atoms with E-state index in [-0.39, 0.29) is 0 Å². The lowest BCUT2D eigenvalue weighted by Gasteiger charge is -2.12. The van der Waals surface area contributed by atoms with Crippen molar-refractivity contribution in [2.45, 2.75) is 12.5 Å². The number of benzene rings is 1. The zero-order chi connectivity index (χ0) is 12.3. The van der Waals surface area contributed by atoms with Gasteiger partial charge in [0.15, 0.2) is 0 Å². The molecule has 1 aromatic carbocycles. The molecule has 17 heavy (non-hydrogen) atoms. The molecule has 4 heteroatoms. The second-order valence-corrected chi connectivity index (χ2v) is 4.49. The Morgan fingerprint density at radius 3 is 2.35 bits per heavy atom. The van der Waals surface area contributed by atoms with Gasteiger partial charge in [-0.25, -0.2) is 0 Å². The van der Waals surface area contributed by atoms with Crippen LogP contribution in [-0.4, -0.2) is 10.1 Å². The summed E-state index contributed by atoms with van der Waals surface area (Å²) in [6, 6.07) is 10.7. The molecule has 0 bridgehead atoms. The Labute approximate surface area is 110 Å². The quantitative estimate of drug-likeness (QED) is 0.921. The fraction of sp³-hybridized carbons (Fsp3) is 0.154. The zero-order valence-corrected chi connectivity index (χ0v) is 10.5. The van der Waals surface area contributed by atoms with Crippen LogP contribution in [0.1, 0.15) is 17.4 Å².